The molecule has 0 aliphatic heterocycles. The molecule has 1 unspecified atom stereocenters. The van der Waals surface area contributed by atoms with Crippen LogP contribution in [0.2, 0.25) is 0 Å². The minimum absolute atomic E-state index is 0.0235. The van der Waals surface area contributed by atoms with Gasteiger partial charge < -0.3 is 5.73 Å². The first-order valence-electron chi connectivity index (χ1n) is 5.82. The molecule has 0 bridgehead atoms. The van der Waals surface area contributed by atoms with Crippen molar-refractivity contribution in [2.24, 2.45) is 5.73 Å². The molecule has 0 amide bonds. The fourth-order valence-corrected chi connectivity index (χ4v) is 2.19. The van der Waals surface area contributed by atoms with Gasteiger partial charge >= 0.3 is 0 Å². The Morgan fingerprint density at radius 1 is 1.50 bits per heavy atom. The lowest BCUT2D eigenvalue weighted by Gasteiger charge is -2.06. The number of halogens is 2. The average Bonchev–Trinajstić information content (AvgIpc) is 2.80. The lowest BCUT2D eigenvalue weighted by molar-refractivity contribution is 0.622. The normalized spacial score (nSPS) is 12.7. The molecule has 18 heavy (non-hydrogen) atoms. The number of aromatic nitrogens is 2. The van der Waals surface area contributed by atoms with Gasteiger partial charge in [-0.2, -0.15) is 5.10 Å². The van der Waals surface area contributed by atoms with Crippen LogP contribution in [0, 0.1) is 5.82 Å². The smallest absolute Gasteiger partial charge is 0.124 e. The SMILES string of the molecule is CCC(N)c1cnn(Cc2ccc(F)cc2Br)c1. The zero-order valence-electron chi connectivity index (χ0n) is 10.1. The van der Waals surface area contributed by atoms with Crippen molar-refractivity contribution in [3.8, 4) is 0 Å². The number of nitrogens with two attached hydrogens (primary N) is 1. The van der Waals surface area contributed by atoms with E-state index in [1.165, 1.54) is 12.1 Å². The van der Waals surface area contributed by atoms with Crippen molar-refractivity contribution in [1.29, 1.82) is 0 Å². The first kappa shape index (κ1) is 13.2. The van der Waals surface area contributed by atoms with Crippen LogP contribution in [0.1, 0.15) is 30.5 Å². The summed E-state index contributed by atoms with van der Waals surface area (Å²) >= 11 is 3.35. The Morgan fingerprint density at radius 3 is 2.94 bits per heavy atom. The van der Waals surface area contributed by atoms with Crippen LogP contribution in [-0.4, -0.2) is 9.78 Å². The largest absolute Gasteiger partial charge is 0.324 e. The minimum Gasteiger partial charge on any atom is -0.324 e. The molecule has 0 radical (unpaired) electrons. The van der Waals surface area contributed by atoms with E-state index in [1.807, 2.05) is 17.8 Å². The molecule has 0 fully saturated rings. The van der Waals surface area contributed by atoms with Crippen LogP contribution < -0.4 is 5.73 Å². The molecule has 5 heteroatoms. The fraction of sp³-hybridized carbons (Fsp3) is 0.308. The van der Waals surface area contributed by atoms with Gasteiger partial charge in [-0.1, -0.05) is 28.9 Å². The first-order chi connectivity index (χ1) is 8.60. The van der Waals surface area contributed by atoms with Gasteiger partial charge in [-0.15, -0.1) is 0 Å². The number of rotatable bonds is 4. The molecule has 0 aliphatic rings. The van der Waals surface area contributed by atoms with Crippen LogP contribution in [0.5, 0.6) is 0 Å². The monoisotopic (exact) mass is 311 g/mol. The third kappa shape index (κ3) is 2.97. The van der Waals surface area contributed by atoms with Gasteiger partial charge in [-0.3, -0.25) is 4.68 Å². The van der Waals surface area contributed by atoms with Gasteiger partial charge in [-0.05, 0) is 24.1 Å². The van der Waals surface area contributed by atoms with Crippen LogP contribution in [0.25, 0.3) is 0 Å². The summed E-state index contributed by atoms with van der Waals surface area (Å²) in [6.45, 7) is 2.63. The van der Waals surface area contributed by atoms with E-state index in [-0.39, 0.29) is 11.9 Å². The highest BCUT2D eigenvalue weighted by atomic mass is 79.9. The number of nitrogens with zero attached hydrogens (tertiary/aromatic N) is 2. The minimum atomic E-state index is -0.250. The maximum absolute atomic E-state index is 13.0. The summed E-state index contributed by atoms with van der Waals surface area (Å²) in [6, 6.07) is 4.68. The van der Waals surface area contributed by atoms with Crippen molar-refractivity contribution in [2.45, 2.75) is 25.9 Å². The van der Waals surface area contributed by atoms with Crippen molar-refractivity contribution in [1.82, 2.24) is 9.78 Å². The van der Waals surface area contributed by atoms with E-state index in [0.717, 1.165) is 22.0 Å². The zero-order valence-corrected chi connectivity index (χ0v) is 11.7. The average molecular weight is 312 g/mol. The van der Waals surface area contributed by atoms with E-state index in [2.05, 4.69) is 21.0 Å². The highest BCUT2D eigenvalue weighted by Gasteiger charge is 2.08. The molecule has 1 aromatic heterocycles. The van der Waals surface area contributed by atoms with Gasteiger partial charge in [0.05, 0.1) is 12.7 Å². The standard InChI is InChI=1S/C13H15BrFN3/c1-2-13(16)10-6-17-18(8-10)7-9-3-4-11(15)5-12(9)14/h3-6,8,13H,2,7,16H2,1H3. The molecule has 1 atom stereocenters. The second kappa shape index (κ2) is 5.63. The quantitative estimate of drug-likeness (QED) is 0.942. The van der Waals surface area contributed by atoms with Gasteiger partial charge in [0.15, 0.2) is 0 Å². The molecule has 2 N–H and O–H groups in total. The topological polar surface area (TPSA) is 43.8 Å². The summed E-state index contributed by atoms with van der Waals surface area (Å²) < 4.78 is 15.5. The van der Waals surface area contributed by atoms with E-state index in [4.69, 9.17) is 5.73 Å². The lowest BCUT2D eigenvalue weighted by Crippen LogP contribution is -2.07. The maximum atomic E-state index is 13.0. The fourth-order valence-electron chi connectivity index (χ4n) is 1.72. The molecule has 0 saturated heterocycles. The van der Waals surface area contributed by atoms with E-state index >= 15 is 0 Å². The molecule has 2 aromatic rings. The van der Waals surface area contributed by atoms with E-state index < -0.39 is 0 Å². The van der Waals surface area contributed by atoms with Crippen LogP contribution in [0.15, 0.2) is 35.1 Å². The van der Waals surface area contributed by atoms with E-state index in [9.17, 15) is 4.39 Å². The zero-order chi connectivity index (χ0) is 13.1. The molecule has 2 rings (SSSR count). The van der Waals surface area contributed by atoms with Crippen molar-refractivity contribution >= 4 is 15.9 Å². The Balaban J connectivity index is 2.16. The second-order valence-electron chi connectivity index (χ2n) is 4.22. The third-order valence-corrected chi connectivity index (χ3v) is 3.61. The van der Waals surface area contributed by atoms with Crippen LogP contribution in [-0.2, 0) is 6.54 Å². The van der Waals surface area contributed by atoms with E-state index in [1.54, 1.807) is 12.3 Å². The van der Waals surface area contributed by atoms with Crippen LogP contribution in [0.3, 0.4) is 0 Å². The third-order valence-electron chi connectivity index (χ3n) is 2.87. The van der Waals surface area contributed by atoms with Crippen molar-refractivity contribution in [2.75, 3.05) is 0 Å². The summed E-state index contributed by atoms with van der Waals surface area (Å²) in [5.41, 5.74) is 7.94. The highest BCUT2D eigenvalue weighted by Crippen LogP contribution is 2.20. The highest BCUT2D eigenvalue weighted by molar-refractivity contribution is 9.10. The Bertz CT molecular complexity index is 539. The van der Waals surface area contributed by atoms with Crippen molar-refractivity contribution in [3.05, 3.63) is 52.0 Å². The maximum Gasteiger partial charge on any atom is 0.124 e. The lowest BCUT2D eigenvalue weighted by atomic mass is 10.1. The number of benzene rings is 1. The summed E-state index contributed by atoms with van der Waals surface area (Å²) in [7, 11) is 0. The van der Waals surface area contributed by atoms with Gasteiger partial charge in [0, 0.05) is 22.3 Å². The Kier molecular flexibility index (Phi) is 4.14. The predicted octanol–water partition coefficient (Wildman–Crippen LogP) is 3.24. The second-order valence-corrected chi connectivity index (χ2v) is 5.08. The van der Waals surface area contributed by atoms with Crippen molar-refractivity contribution < 1.29 is 4.39 Å². The molecule has 1 aromatic carbocycles. The van der Waals surface area contributed by atoms with Crippen LogP contribution >= 0.6 is 15.9 Å². The van der Waals surface area contributed by atoms with E-state index in [0.29, 0.717) is 6.54 Å². The van der Waals surface area contributed by atoms with Gasteiger partial charge in [0.2, 0.25) is 0 Å². The summed E-state index contributed by atoms with van der Waals surface area (Å²) in [5.74, 6) is -0.250. The molecule has 1 heterocycles. The summed E-state index contributed by atoms with van der Waals surface area (Å²) in [5, 5.41) is 4.27. The van der Waals surface area contributed by atoms with Gasteiger partial charge in [0.1, 0.15) is 5.82 Å². The van der Waals surface area contributed by atoms with Crippen LogP contribution in [0.4, 0.5) is 4.39 Å². The summed E-state index contributed by atoms with van der Waals surface area (Å²) in [4.78, 5) is 0. The molecule has 0 saturated carbocycles. The number of hydrogen-bond acceptors (Lipinski definition) is 2. The summed E-state index contributed by atoms with van der Waals surface area (Å²) in [6.07, 6.45) is 4.60. The van der Waals surface area contributed by atoms with Crippen molar-refractivity contribution in [3.63, 3.8) is 0 Å². The van der Waals surface area contributed by atoms with Gasteiger partial charge in [0.25, 0.3) is 0 Å². The first-order valence-corrected chi connectivity index (χ1v) is 6.61. The predicted molar refractivity (Wildman–Crippen MR) is 72.6 cm³/mol. The Labute approximate surface area is 114 Å². The Hall–Kier alpha value is -1.20. The molecular formula is C13H15BrFN3. The molecule has 3 nitrogen and oxygen atoms in total. The Morgan fingerprint density at radius 2 is 2.28 bits per heavy atom. The molecular weight excluding hydrogens is 297 g/mol. The molecule has 96 valence electrons. The van der Waals surface area contributed by atoms with Gasteiger partial charge in [-0.25, -0.2) is 4.39 Å². The molecule has 0 aliphatic carbocycles. The number of hydrogen-bond donors (Lipinski definition) is 1. The molecule has 0 spiro atoms.